The molecule has 1 aromatic rings. The normalized spacial score (nSPS) is 19.2. The van der Waals surface area contributed by atoms with E-state index in [1.54, 1.807) is 0 Å². The standard InChI is InChI=1S/C13H17ClN2O/c14-11-5-2-1-4-10(11)7-9-16-13(17)12-6-3-8-15-12/h1-2,4-5,12,15H,3,6-9H2,(H,16,17)/t12-/m0/s1. The Morgan fingerprint density at radius 2 is 2.29 bits per heavy atom. The number of amides is 1. The molecular formula is C13H17ClN2O. The van der Waals surface area contributed by atoms with E-state index in [1.165, 1.54) is 0 Å². The smallest absolute Gasteiger partial charge is 0.237 e. The lowest BCUT2D eigenvalue weighted by atomic mass is 10.1. The van der Waals surface area contributed by atoms with Crippen LogP contribution in [0.5, 0.6) is 0 Å². The second-order valence-corrected chi connectivity index (χ2v) is 4.69. The number of benzene rings is 1. The summed E-state index contributed by atoms with van der Waals surface area (Å²) in [5, 5.41) is 6.88. The third kappa shape index (κ3) is 3.45. The van der Waals surface area contributed by atoms with Gasteiger partial charge in [0.15, 0.2) is 0 Å². The van der Waals surface area contributed by atoms with Crippen LogP contribution in [0.15, 0.2) is 24.3 Å². The zero-order valence-electron chi connectivity index (χ0n) is 9.71. The van der Waals surface area contributed by atoms with Gasteiger partial charge in [-0.15, -0.1) is 0 Å². The number of halogens is 1. The number of carbonyl (C=O) groups is 1. The lowest BCUT2D eigenvalue weighted by Crippen LogP contribution is -2.41. The van der Waals surface area contributed by atoms with Gasteiger partial charge in [-0.25, -0.2) is 0 Å². The van der Waals surface area contributed by atoms with E-state index < -0.39 is 0 Å². The summed E-state index contributed by atoms with van der Waals surface area (Å²) >= 11 is 6.04. The zero-order valence-corrected chi connectivity index (χ0v) is 10.5. The molecule has 0 bridgehead atoms. The number of hydrogen-bond donors (Lipinski definition) is 2. The lowest BCUT2D eigenvalue weighted by molar-refractivity contribution is -0.122. The van der Waals surface area contributed by atoms with Crippen molar-refractivity contribution in [2.45, 2.75) is 25.3 Å². The van der Waals surface area contributed by atoms with Gasteiger partial charge in [-0.3, -0.25) is 4.79 Å². The number of carbonyl (C=O) groups excluding carboxylic acids is 1. The van der Waals surface area contributed by atoms with Crippen LogP contribution in [0.1, 0.15) is 18.4 Å². The quantitative estimate of drug-likeness (QED) is 0.857. The van der Waals surface area contributed by atoms with E-state index in [-0.39, 0.29) is 11.9 Å². The largest absolute Gasteiger partial charge is 0.354 e. The van der Waals surface area contributed by atoms with Crippen molar-refractivity contribution in [1.29, 1.82) is 0 Å². The van der Waals surface area contributed by atoms with Crippen LogP contribution in [0, 0.1) is 0 Å². The highest BCUT2D eigenvalue weighted by Crippen LogP contribution is 2.14. The van der Waals surface area contributed by atoms with Gasteiger partial charge < -0.3 is 10.6 Å². The van der Waals surface area contributed by atoms with Crippen molar-refractivity contribution in [3.8, 4) is 0 Å². The van der Waals surface area contributed by atoms with E-state index in [0.29, 0.717) is 6.54 Å². The first-order valence-corrected chi connectivity index (χ1v) is 6.39. The molecule has 2 N–H and O–H groups in total. The monoisotopic (exact) mass is 252 g/mol. The topological polar surface area (TPSA) is 41.1 Å². The molecule has 1 aromatic carbocycles. The number of hydrogen-bond acceptors (Lipinski definition) is 2. The maximum atomic E-state index is 11.7. The molecule has 0 saturated carbocycles. The molecule has 0 aromatic heterocycles. The SMILES string of the molecule is O=C(NCCc1ccccc1Cl)[C@@H]1CCCN1. The van der Waals surface area contributed by atoms with Crippen molar-refractivity contribution >= 4 is 17.5 Å². The molecule has 1 amide bonds. The minimum atomic E-state index is 0.00115. The molecule has 1 atom stereocenters. The second-order valence-electron chi connectivity index (χ2n) is 4.28. The maximum Gasteiger partial charge on any atom is 0.237 e. The summed E-state index contributed by atoms with van der Waals surface area (Å²) in [4.78, 5) is 11.7. The second kappa shape index (κ2) is 6.03. The molecule has 92 valence electrons. The maximum absolute atomic E-state index is 11.7. The average Bonchev–Trinajstić information content (AvgIpc) is 2.85. The molecule has 0 unspecified atom stereocenters. The molecule has 0 spiro atoms. The minimum Gasteiger partial charge on any atom is -0.354 e. The van der Waals surface area contributed by atoms with Crippen LogP contribution in [0.3, 0.4) is 0 Å². The van der Waals surface area contributed by atoms with Gasteiger partial charge in [0.05, 0.1) is 6.04 Å². The molecule has 1 fully saturated rings. The van der Waals surface area contributed by atoms with Crippen LogP contribution in [-0.4, -0.2) is 25.0 Å². The first kappa shape index (κ1) is 12.4. The van der Waals surface area contributed by atoms with Crippen molar-refractivity contribution in [2.24, 2.45) is 0 Å². The van der Waals surface area contributed by atoms with E-state index in [2.05, 4.69) is 10.6 Å². The van der Waals surface area contributed by atoms with Gasteiger partial charge in [0.25, 0.3) is 0 Å². The van der Waals surface area contributed by atoms with E-state index in [4.69, 9.17) is 11.6 Å². The number of nitrogens with one attached hydrogen (secondary N) is 2. The highest BCUT2D eigenvalue weighted by atomic mass is 35.5. The van der Waals surface area contributed by atoms with Gasteiger partial charge in [-0.2, -0.15) is 0 Å². The zero-order chi connectivity index (χ0) is 12.1. The molecule has 2 rings (SSSR count). The van der Waals surface area contributed by atoms with Crippen LogP contribution >= 0.6 is 11.6 Å². The summed E-state index contributed by atoms with van der Waals surface area (Å²) in [5.74, 6) is 0.106. The Hall–Kier alpha value is -1.06. The predicted octanol–water partition coefficient (Wildman–Crippen LogP) is 1.75. The summed E-state index contributed by atoms with van der Waals surface area (Å²) < 4.78 is 0. The molecule has 0 radical (unpaired) electrons. The van der Waals surface area contributed by atoms with Crippen LogP contribution in [0.4, 0.5) is 0 Å². The van der Waals surface area contributed by atoms with Crippen molar-refractivity contribution in [3.05, 3.63) is 34.9 Å². The molecule has 0 aliphatic carbocycles. The van der Waals surface area contributed by atoms with E-state index in [1.807, 2.05) is 24.3 Å². The summed E-state index contributed by atoms with van der Waals surface area (Å²) in [6, 6.07) is 7.73. The Labute approximate surface area is 107 Å². The van der Waals surface area contributed by atoms with Crippen LogP contribution in [0.2, 0.25) is 5.02 Å². The molecule has 1 aliphatic heterocycles. The molecular weight excluding hydrogens is 236 g/mol. The van der Waals surface area contributed by atoms with Gasteiger partial charge >= 0.3 is 0 Å². The first-order chi connectivity index (χ1) is 8.27. The van der Waals surface area contributed by atoms with Gasteiger partial charge in [0.1, 0.15) is 0 Å². The molecule has 1 aliphatic rings. The molecule has 1 heterocycles. The lowest BCUT2D eigenvalue weighted by Gasteiger charge is -2.11. The summed E-state index contributed by atoms with van der Waals surface area (Å²) in [6.45, 7) is 1.59. The third-order valence-electron chi connectivity index (χ3n) is 3.03. The van der Waals surface area contributed by atoms with Crippen molar-refractivity contribution in [1.82, 2.24) is 10.6 Å². The van der Waals surface area contributed by atoms with Crippen molar-refractivity contribution in [3.63, 3.8) is 0 Å². The van der Waals surface area contributed by atoms with Gasteiger partial charge in [0, 0.05) is 11.6 Å². The van der Waals surface area contributed by atoms with Crippen molar-refractivity contribution < 1.29 is 4.79 Å². The fraction of sp³-hybridized carbons (Fsp3) is 0.462. The van der Waals surface area contributed by atoms with Gasteiger partial charge in [-0.1, -0.05) is 29.8 Å². The Morgan fingerprint density at radius 1 is 1.47 bits per heavy atom. The summed E-state index contributed by atoms with van der Waals surface area (Å²) in [6.07, 6.45) is 2.80. The van der Waals surface area contributed by atoms with Gasteiger partial charge in [0.2, 0.25) is 5.91 Å². The van der Waals surface area contributed by atoms with Crippen molar-refractivity contribution in [2.75, 3.05) is 13.1 Å². The Balaban J connectivity index is 1.76. The van der Waals surface area contributed by atoms with E-state index in [9.17, 15) is 4.79 Å². The Kier molecular flexibility index (Phi) is 4.40. The van der Waals surface area contributed by atoms with Gasteiger partial charge in [-0.05, 0) is 37.4 Å². The predicted molar refractivity (Wildman–Crippen MR) is 69.2 cm³/mol. The number of rotatable bonds is 4. The first-order valence-electron chi connectivity index (χ1n) is 6.02. The third-order valence-corrected chi connectivity index (χ3v) is 3.40. The summed E-state index contributed by atoms with van der Waals surface area (Å²) in [7, 11) is 0. The molecule has 4 heteroatoms. The van der Waals surface area contributed by atoms with Crippen LogP contribution in [0.25, 0.3) is 0 Å². The average molecular weight is 253 g/mol. The fourth-order valence-corrected chi connectivity index (χ4v) is 2.28. The highest BCUT2D eigenvalue weighted by Gasteiger charge is 2.21. The highest BCUT2D eigenvalue weighted by molar-refractivity contribution is 6.31. The Bertz CT molecular complexity index is 389. The fourth-order valence-electron chi connectivity index (χ4n) is 2.05. The Morgan fingerprint density at radius 3 is 3.00 bits per heavy atom. The van der Waals surface area contributed by atoms with E-state index >= 15 is 0 Å². The molecule has 17 heavy (non-hydrogen) atoms. The van der Waals surface area contributed by atoms with Crippen LogP contribution < -0.4 is 10.6 Å². The molecule has 1 saturated heterocycles. The van der Waals surface area contributed by atoms with E-state index in [0.717, 1.165) is 36.4 Å². The van der Waals surface area contributed by atoms with Crippen LogP contribution in [-0.2, 0) is 11.2 Å². The summed E-state index contributed by atoms with van der Waals surface area (Å²) in [5.41, 5.74) is 1.08. The molecule has 3 nitrogen and oxygen atoms in total. The minimum absolute atomic E-state index is 0.00115.